The van der Waals surface area contributed by atoms with Gasteiger partial charge in [-0.15, -0.1) is 0 Å². The first-order chi connectivity index (χ1) is 14.6. The Morgan fingerprint density at radius 2 is 2.07 bits per heavy atom. The van der Waals surface area contributed by atoms with Crippen molar-refractivity contribution in [3.8, 4) is 11.5 Å². The smallest absolute Gasteiger partial charge is 0.253 e. The van der Waals surface area contributed by atoms with E-state index in [9.17, 15) is 13.6 Å². The van der Waals surface area contributed by atoms with Crippen molar-refractivity contribution >= 4 is 16.9 Å². The number of nitrogens with zero attached hydrogens (tertiary/aromatic N) is 5. The Labute approximate surface area is 171 Å². The van der Waals surface area contributed by atoms with Crippen LogP contribution < -0.4 is 5.32 Å². The van der Waals surface area contributed by atoms with E-state index < -0.39 is 18.7 Å². The molecule has 0 radical (unpaired) electrons. The molecule has 7 nitrogen and oxygen atoms in total. The minimum absolute atomic E-state index is 0.347. The number of carbonyl (C=O) groups is 1. The van der Waals surface area contributed by atoms with Crippen LogP contribution in [0.15, 0.2) is 48.8 Å². The van der Waals surface area contributed by atoms with Crippen LogP contribution in [-0.4, -0.2) is 36.8 Å². The SMILES string of the molecule is CCCn1c(Cn2ccnc2-c2cccc(F)n2)nc2cc(C(=O)NCF)ccc21. The van der Waals surface area contributed by atoms with Crippen molar-refractivity contribution in [2.45, 2.75) is 26.4 Å². The summed E-state index contributed by atoms with van der Waals surface area (Å²) < 4.78 is 29.9. The highest BCUT2D eigenvalue weighted by molar-refractivity contribution is 5.97. The maximum absolute atomic E-state index is 13.6. The molecule has 0 fully saturated rings. The van der Waals surface area contributed by atoms with E-state index in [4.69, 9.17) is 4.98 Å². The normalized spacial score (nSPS) is 11.2. The van der Waals surface area contributed by atoms with Crippen molar-refractivity contribution in [1.82, 2.24) is 29.4 Å². The van der Waals surface area contributed by atoms with Crippen LogP contribution in [0.2, 0.25) is 0 Å². The Morgan fingerprint density at radius 1 is 1.20 bits per heavy atom. The third-order valence-electron chi connectivity index (χ3n) is 4.74. The standard InChI is InChI=1S/C21H20F2N6O/c1-2-9-29-17-7-6-14(21(30)25-13-22)11-16(17)27-19(29)12-28-10-8-24-20(28)15-4-3-5-18(23)26-15/h3-8,10-11H,2,9,12-13H2,1H3,(H,25,30). The van der Waals surface area contributed by atoms with Crippen LogP contribution in [-0.2, 0) is 13.1 Å². The van der Waals surface area contributed by atoms with Gasteiger partial charge in [-0.2, -0.15) is 4.39 Å². The second-order valence-corrected chi connectivity index (χ2v) is 6.75. The third kappa shape index (κ3) is 3.78. The van der Waals surface area contributed by atoms with Gasteiger partial charge in [0.05, 0.1) is 17.6 Å². The van der Waals surface area contributed by atoms with Gasteiger partial charge in [0, 0.05) is 24.5 Å². The van der Waals surface area contributed by atoms with Gasteiger partial charge in [-0.3, -0.25) is 4.79 Å². The van der Waals surface area contributed by atoms with Crippen molar-refractivity contribution in [3.63, 3.8) is 0 Å². The number of halogens is 2. The first-order valence-corrected chi connectivity index (χ1v) is 9.58. The number of alkyl halides is 1. The predicted molar refractivity (Wildman–Crippen MR) is 108 cm³/mol. The molecule has 1 N–H and O–H groups in total. The maximum atomic E-state index is 13.6. The Morgan fingerprint density at radius 3 is 2.83 bits per heavy atom. The lowest BCUT2D eigenvalue weighted by Crippen LogP contribution is -2.21. The van der Waals surface area contributed by atoms with Gasteiger partial charge in [0.2, 0.25) is 5.95 Å². The molecule has 0 spiro atoms. The van der Waals surface area contributed by atoms with E-state index in [0.29, 0.717) is 29.1 Å². The number of pyridine rings is 1. The number of aromatic nitrogens is 5. The number of hydrogen-bond donors (Lipinski definition) is 1. The molecule has 0 saturated heterocycles. The van der Waals surface area contributed by atoms with Gasteiger partial charge in [0.25, 0.3) is 5.91 Å². The van der Waals surface area contributed by atoms with Crippen LogP contribution >= 0.6 is 0 Å². The zero-order valence-corrected chi connectivity index (χ0v) is 16.3. The minimum atomic E-state index is -0.927. The Balaban J connectivity index is 1.73. The molecule has 3 aromatic heterocycles. The fourth-order valence-corrected chi connectivity index (χ4v) is 3.43. The number of imidazole rings is 2. The Bertz CT molecular complexity index is 1200. The van der Waals surface area contributed by atoms with Gasteiger partial charge in [-0.1, -0.05) is 13.0 Å². The Kier molecular flexibility index (Phi) is 5.51. The molecule has 30 heavy (non-hydrogen) atoms. The van der Waals surface area contributed by atoms with E-state index in [1.807, 2.05) is 10.6 Å². The molecular weight excluding hydrogens is 390 g/mol. The van der Waals surface area contributed by atoms with Gasteiger partial charge < -0.3 is 14.5 Å². The monoisotopic (exact) mass is 410 g/mol. The second kappa shape index (κ2) is 8.40. The summed E-state index contributed by atoms with van der Waals surface area (Å²) in [4.78, 5) is 24.9. The molecule has 0 aliphatic heterocycles. The molecule has 1 amide bonds. The fourth-order valence-electron chi connectivity index (χ4n) is 3.43. The number of carbonyl (C=O) groups excluding carboxylic acids is 1. The molecule has 0 bridgehead atoms. The van der Waals surface area contributed by atoms with Crippen molar-refractivity contribution in [2.24, 2.45) is 0 Å². The molecule has 4 rings (SSSR count). The predicted octanol–water partition coefficient (Wildman–Crippen LogP) is 3.55. The molecule has 4 aromatic rings. The first kappa shape index (κ1) is 19.7. The fraction of sp³-hybridized carbons (Fsp3) is 0.238. The van der Waals surface area contributed by atoms with Gasteiger partial charge in [-0.05, 0) is 36.8 Å². The van der Waals surface area contributed by atoms with Crippen LogP contribution in [0, 0.1) is 5.95 Å². The van der Waals surface area contributed by atoms with Crippen molar-refractivity contribution < 1.29 is 13.6 Å². The van der Waals surface area contributed by atoms with Gasteiger partial charge in [0.15, 0.2) is 12.6 Å². The van der Waals surface area contributed by atoms with E-state index in [0.717, 1.165) is 24.3 Å². The quantitative estimate of drug-likeness (QED) is 0.373. The van der Waals surface area contributed by atoms with Gasteiger partial charge in [0.1, 0.15) is 11.5 Å². The van der Waals surface area contributed by atoms with Crippen molar-refractivity contribution in [2.75, 3.05) is 6.80 Å². The first-order valence-electron chi connectivity index (χ1n) is 9.58. The number of rotatable bonds is 7. The summed E-state index contributed by atoms with van der Waals surface area (Å²) in [5.41, 5.74) is 2.31. The summed E-state index contributed by atoms with van der Waals surface area (Å²) in [6, 6.07) is 9.70. The van der Waals surface area contributed by atoms with E-state index in [1.165, 1.54) is 6.07 Å². The zero-order valence-electron chi connectivity index (χ0n) is 16.3. The minimum Gasteiger partial charge on any atom is -0.326 e. The number of benzene rings is 1. The average molecular weight is 410 g/mol. The third-order valence-corrected chi connectivity index (χ3v) is 4.74. The van der Waals surface area contributed by atoms with Gasteiger partial charge in [-0.25, -0.2) is 19.3 Å². The lowest BCUT2D eigenvalue weighted by Gasteiger charge is -2.10. The zero-order chi connectivity index (χ0) is 21.1. The number of hydrogen-bond acceptors (Lipinski definition) is 4. The van der Waals surface area contributed by atoms with E-state index >= 15 is 0 Å². The molecular formula is C21H20F2N6O. The number of nitrogens with one attached hydrogen (secondary N) is 1. The second-order valence-electron chi connectivity index (χ2n) is 6.75. The molecule has 0 aliphatic carbocycles. The summed E-state index contributed by atoms with van der Waals surface area (Å²) in [5, 5.41) is 2.15. The molecule has 154 valence electrons. The highest BCUT2D eigenvalue weighted by Crippen LogP contribution is 2.22. The largest absolute Gasteiger partial charge is 0.326 e. The molecule has 3 heterocycles. The van der Waals surface area contributed by atoms with Crippen LogP contribution in [0.4, 0.5) is 8.78 Å². The lowest BCUT2D eigenvalue weighted by atomic mass is 10.2. The van der Waals surface area contributed by atoms with Crippen molar-refractivity contribution in [1.29, 1.82) is 0 Å². The summed E-state index contributed by atoms with van der Waals surface area (Å²) in [7, 11) is 0. The van der Waals surface area contributed by atoms with Crippen LogP contribution in [0.3, 0.4) is 0 Å². The summed E-state index contributed by atoms with van der Waals surface area (Å²) >= 11 is 0. The average Bonchev–Trinajstić information content (AvgIpc) is 3.33. The number of aryl methyl sites for hydroxylation is 1. The maximum Gasteiger partial charge on any atom is 0.253 e. The lowest BCUT2D eigenvalue weighted by molar-refractivity contribution is 0.0937. The molecule has 0 saturated carbocycles. The van der Waals surface area contributed by atoms with E-state index in [2.05, 4.69) is 26.8 Å². The van der Waals surface area contributed by atoms with Gasteiger partial charge >= 0.3 is 0 Å². The number of amides is 1. The van der Waals surface area contributed by atoms with E-state index in [1.54, 1.807) is 36.7 Å². The highest BCUT2D eigenvalue weighted by Gasteiger charge is 2.16. The molecule has 1 aromatic carbocycles. The summed E-state index contributed by atoms with van der Waals surface area (Å²) in [6.07, 6.45) is 4.32. The van der Waals surface area contributed by atoms with Crippen LogP contribution in [0.1, 0.15) is 29.5 Å². The topological polar surface area (TPSA) is 77.6 Å². The summed E-state index contributed by atoms with van der Waals surface area (Å²) in [6.45, 7) is 2.28. The molecule has 0 aliphatic rings. The highest BCUT2D eigenvalue weighted by atomic mass is 19.1. The molecule has 0 unspecified atom stereocenters. The van der Waals surface area contributed by atoms with E-state index in [-0.39, 0.29) is 0 Å². The summed E-state index contributed by atoms with van der Waals surface area (Å²) in [5.74, 6) is 0.248. The molecule has 0 atom stereocenters. The Hall–Kier alpha value is -3.62. The molecule has 9 heteroatoms. The van der Waals surface area contributed by atoms with Crippen molar-refractivity contribution in [3.05, 3.63) is 66.1 Å². The van der Waals surface area contributed by atoms with Crippen LogP contribution in [0.25, 0.3) is 22.6 Å². The van der Waals surface area contributed by atoms with Crippen LogP contribution in [0.5, 0.6) is 0 Å². The number of fused-ring (bicyclic) bond motifs is 1.